The number of carbonyl (C=O) groups excluding carboxylic acids is 2. The van der Waals surface area contributed by atoms with Crippen LogP contribution in [-0.2, 0) is 19.1 Å². The molecule has 0 radical (unpaired) electrons. The van der Waals surface area contributed by atoms with Crippen molar-refractivity contribution in [2.45, 2.75) is 25.7 Å². The molecular weight excluding hydrogens is 460 g/mol. The predicted octanol–water partition coefficient (Wildman–Crippen LogP) is 4.64. The lowest BCUT2D eigenvalue weighted by atomic mass is 9.82. The number of para-hydroxylation sites is 1. The third-order valence-electron chi connectivity index (χ3n) is 5.64. The van der Waals surface area contributed by atoms with Gasteiger partial charge in [0.05, 0.1) is 24.6 Å². The standard InChI is InChI=1S/C25H29ClN2O6/c26-20-9-11-22(12-10-20)28(21-7-2-1-3-8-21)25(32)34-16-19-6-4-5-18(13-19)15-33-17-23(29)27-14-24(30)31/h1-3,7-12,18-19H,4-6,13-17H2,(H,27,29)(H,30,31). The quantitative estimate of drug-likeness (QED) is 0.504. The molecule has 0 heterocycles. The molecule has 182 valence electrons. The van der Waals surface area contributed by atoms with Gasteiger partial charge >= 0.3 is 12.1 Å². The van der Waals surface area contributed by atoms with Crippen molar-refractivity contribution in [2.75, 3.05) is 31.3 Å². The fraction of sp³-hybridized carbons (Fsp3) is 0.400. The number of benzene rings is 2. The van der Waals surface area contributed by atoms with Crippen molar-refractivity contribution < 1.29 is 29.0 Å². The van der Waals surface area contributed by atoms with Gasteiger partial charge in [-0.25, -0.2) is 9.69 Å². The Bertz CT molecular complexity index is 954. The van der Waals surface area contributed by atoms with Gasteiger partial charge in [0.25, 0.3) is 0 Å². The molecule has 1 saturated carbocycles. The fourth-order valence-corrected chi connectivity index (χ4v) is 4.16. The number of ether oxygens (including phenoxy) is 2. The van der Waals surface area contributed by atoms with Gasteiger partial charge in [0, 0.05) is 5.02 Å². The summed E-state index contributed by atoms with van der Waals surface area (Å²) < 4.78 is 11.2. The van der Waals surface area contributed by atoms with Crippen LogP contribution in [-0.4, -0.2) is 49.4 Å². The number of nitrogens with zero attached hydrogens (tertiary/aromatic N) is 1. The van der Waals surface area contributed by atoms with Crippen molar-refractivity contribution in [2.24, 2.45) is 11.8 Å². The molecule has 34 heavy (non-hydrogen) atoms. The second kappa shape index (κ2) is 13.0. The van der Waals surface area contributed by atoms with E-state index in [9.17, 15) is 14.4 Å². The van der Waals surface area contributed by atoms with E-state index < -0.39 is 24.5 Å². The number of amides is 2. The summed E-state index contributed by atoms with van der Waals surface area (Å²) in [4.78, 5) is 36.7. The van der Waals surface area contributed by atoms with E-state index in [1.165, 1.54) is 4.90 Å². The molecule has 2 aromatic carbocycles. The highest BCUT2D eigenvalue weighted by Crippen LogP contribution is 2.31. The fourth-order valence-electron chi connectivity index (χ4n) is 4.03. The van der Waals surface area contributed by atoms with E-state index in [1.54, 1.807) is 24.3 Å². The largest absolute Gasteiger partial charge is 0.480 e. The van der Waals surface area contributed by atoms with Gasteiger partial charge < -0.3 is 19.9 Å². The number of carbonyl (C=O) groups is 3. The molecule has 0 aliphatic heterocycles. The first-order valence-corrected chi connectivity index (χ1v) is 11.6. The maximum Gasteiger partial charge on any atom is 0.418 e. The number of rotatable bonds is 10. The minimum atomic E-state index is -1.10. The molecule has 0 saturated heterocycles. The number of hydrogen-bond donors (Lipinski definition) is 2. The second-order valence-corrected chi connectivity index (χ2v) is 8.74. The number of hydrogen-bond acceptors (Lipinski definition) is 5. The summed E-state index contributed by atoms with van der Waals surface area (Å²) in [6.45, 7) is 0.114. The zero-order valence-electron chi connectivity index (χ0n) is 18.8. The molecule has 2 aromatic rings. The monoisotopic (exact) mass is 488 g/mol. The van der Waals surface area contributed by atoms with Crippen molar-refractivity contribution in [3.8, 4) is 0 Å². The van der Waals surface area contributed by atoms with Crippen LogP contribution in [0.1, 0.15) is 25.7 Å². The first-order valence-electron chi connectivity index (χ1n) is 11.3. The van der Waals surface area contributed by atoms with Crippen LogP contribution in [0.4, 0.5) is 16.2 Å². The second-order valence-electron chi connectivity index (χ2n) is 8.31. The molecule has 2 amide bonds. The topological polar surface area (TPSA) is 105 Å². The van der Waals surface area contributed by atoms with E-state index >= 15 is 0 Å². The third-order valence-corrected chi connectivity index (χ3v) is 5.89. The average Bonchev–Trinajstić information content (AvgIpc) is 2.84. The number of anilines is 2. The molecule has 2 unspecified atom stereocenters. The van der Waals surface area contributed by atoms with E-state index in [-0.39, 0.29) is 18.4 Å². The highest BCUT2D eigenvalue weighted by molar-refractivity contribution is 6.30. The van der Waals surface area contributed by atoms with Crippen LogP contribution in [0.2, 0.25) is 5.02 Å². The number of nitrogens with one attached hydrogen (secondary N) is 1. The maximum absolute atomic E-state index is 13.1. The Kier molecular flexibility index (Phi) is 9.73. The third kappa shape index (κ3) is 8.04. The number of halogens is 1. The Hall–Kier alpha value is -3.10. The molecule has 1 aliphatic rings. The molecule has 2 atom stereocenters. The zero-order valence-corrected chi connectivity index (χ0v) is 19.6. The number of aliphatic carboxylic acids is 1. The summed E-state index contributed by atoms with van der Waals surface area (Å²) >= 11 is 6.01. The molecule has 9 heteroatoms. The summed E-state index contributed by atoms with van der Waals surface area (Å²) in [6.07, 6.45) is 3.29. The van der Waals surface area contributed by atoms with Crippen molar-refractivity contribution in [3.63, 3.8) is 0 Å². The molecule has 0 spiro atoms. The van der Waals surface area contributed by atoms with Gasteiger partial charge in [0.2, 0.25) is 5.91 Å². The van der Waals surface area contributed by atoms with Crippen LogP contribution in [0.25, 0.3) is 0 Å². The smallest absolute Gasteiger partial charge is 0.418 e. The SMILES string of the molecule is O=C(O)CNC(=O)COCC1CCCC(COC(=O)N(c2ccccc2)c2ccc(Cl)cc2)C1. The minimum Gasteiger partial charge on any atom is -0.480 e. The van der Waals surface area contributed by atoms with E-state index in [4.69, 9.17) is 26.2 Å². The van der Waals surface area contributed by atoms with Gasteiger partial charge in [-0.2, -0.15) is 0 Å². The van der Waals surface area contributed by atoms with Crippen LogP contribution in [0.15, 0.2) is 54.6 Å². The van der Waals surface area contributed by atoms with Crippen molar-refractivity contribution in [3.05, 3.63) is 59.6 Å². The first kappa shape index (κ1) is 25.5. The Balaban J connectivity index is 1.50. The van der Waals surface area contributed by atoms with Crippen LogP contribution in [0.3, 0.4) is 0 Å². The molecule has 8 nitrogen and oxygen atoms in total. The van der Waals surface area contributed by atoms with Crippen molar-refractivity contribution in [1.82, 2.24) is 5.32 Å². The van der Waals surface area contributed by atoms with Gasteiger partial charge in [-0.1, -0.05) is 36.2 Å². The van der Waals surface area contributed by atoms with E-state index in [2.05, 4.69) is 5.32 Å². The van der Waals surface area contributed by atoms with Gasteiger partial charge in [-0.15, -0.1) is 0 Å². The highest BCUT2D eigenvalue weighted by atomic mass is 35.5. The normalized spacial score (nSPS) is 17.6. The molecule has 0 bridgehead atoms. The lowest BCUT2D eigenvalue weighted by Gasteiger charge is -2.29. The summed E-state index contributed by atoms with van der Waals surface area (Å²) in [6, 6.07) is 16.3. The van der Waals surface area contributed by atoms with Crippen LogP contribution >= 0.6 is 11.6 Å². The van der Waals surface area contributed by atoms with Crippen LogP contribution in [0.5, 0.6) is 0 Å². The van der Waals surface area contributed by atoms with Crippen molar-refractivity contribution >= 4 is 40.9 Å². The highest BCUT2D eigenvalue weighted by Gasteiger charge is 2.26. The van der Waals surface area contributed by atoms with E-state index in [1.807, 2.05) is 30.3 Å². The van der Waals surface area contributed by atoms with Gasteiger partial charge in [-0.05, 0) is 67.5 Å². The Labute approximate surface area is 203 Å². The van der Waals surface area contributed by atoms with Crippen molar-refractivity contribution in [1.29, 1.82) is 0 Å². The van der Waals surface area contributed by atoms with Gasteiger partial charge in [-0.3, -0.25) is 9.59 Å². The lowest BCUT2D eigenvalue weighted by Crippen LogP contribution is -2.33. The summed E-state index contributed by atoms with van der Waals surface area (Å²) in [5.74, 6) is -1.09. The predicted molar refractivity (Wildman–Crippen MR) is 128 cm³/mol. The van der Waals surface area contributed by atoms with E-state index in [0.717, 1.165) is 25.7 Å². The lowest BCUT2D eigenvalue weighted by molar-refractivity contribution is -0.138. The summed E-state index contributed by atoms with van der Waals surface area (Å²) in [5.41, 5.74) is 1.36. The maximum atomic E-state index is 13.1. The first-order chi connectivity index (χ1) is 16.4. The Morgan fingerprint density at radius 1 is 0.971 bits per heavy atom. The summed E-state index contributed by atoms with van der Waals surface area (Å²) in [7, 11) is 0. The minimum absolute atomic E-state index is 0.170. The zero-order chi connectivity index (χ0) is 24.3. The molecule has 0 aromatic heterocycles. The number of carboxylic acids is 1. The van der Waals surface area contributed by atoms with E-state index in [0.29, 0.717) is 29.6 Å². The Morgan fingerprint density at radius 3 is 2.29 bits per heavy atom. The Morgan fingerprint density at radius 2 is 1.62 bits per heavy atom. The van der Waals surface area contributed by atoms with Crippen LogP contribution in [0, 0.1) is 11.8 Å². The van der Waals surface area contributed by atoms with Crippen LogP contribution < -0.4 is 10.2 Å². The molecular formula is C25H29ClN2O6. The molecule has 1 fully saturated rings. The molecule has 1 aliphatic carbocycles. The average molecular weight is 489 g/mol. The summed E-state index contributed by atoms with van der Waals surface area (Å²) in [5, 5.41) is 11.4. The van der Waals surface area contributed by atoms with Gasteiger partial charge in [0.1, 0.15) is 13.2 Å². The number of carboxylic acid groups (broad SMARTS) is 1. The molecule has 2 N–H and O–H groups in total. The van der Waals surface area contributed by atoms with Gasteiger partial charge in [0.15, 0.2) is 0 Å². The molecule has 3 rings (SSSR count).